The Morgan fingerprint density at radius 3 is 3.00 bits per heavy atom. The number of nitrogens with one attached hydrogen (secondary N) is 2. The number of nitrogen functional groups attached to an aromatic ring is 1. The molecular formula is C13H16FN5O. The zero-order valence-electron chi connectivity index (χ0n) is 11.1. The molecular weight excluding hydrogens is 261 g/mol. The first kappa shape index (κ1) is 14.0. The molecule has 106 valence electrons. The van der Waals surface area contributed by atoms with Gasteiger partial charge >= 0.3 is 0 Å². The van der Waals surface area contributed by atoms with Crippen molar-refractivity contribution in [3.05, 3.63) is 41.8 Å². The monoisotopic (exact) mass is 277 g/mol. The van der Waals surface area contributed by atoms with Crippen molar-refractivity contribution in [3.8, 4) is 5.75 Å². The molecule has 0 spiro atoms. The average molecular weight is 277 g/mol. The number of aromatic nitrogens is 2. The predicted octanol–water partition coefficient (Wildman–Crippen LogP) is 1.70. The van der Waals surface area contributed by atoms with Crippen LogP contribution in [0.25, 0.3) is 0 Å². The normalized spacial score (nSPS) is 10.2. The third-order valence-electron chi connectivity index (χ3n) is 2.53. The van der Waals surface area contributed by atoms with Crippen molar-refractivity contribution in [3.63, 3.8) is 0 Å². The van der Waals surface area contributed by atoms with Gasteiger partial charge in [0.05, 0.1) is 12.7 Å². The van der Waals surface area contributed by atoms with E-state index in [0.717, 1.165) is 17.5 Å². The molecule has 2 rings (SSSR count). The number of anilines is 2. The van der Waals surface area contributed by atoms with Gasteiger partial charge in [0.1, 0.15) is 12.4 Å². The summed E-state index contributed by atoms with van der Waals surface area (Å²) in [5, 5.41) is 2.83. The zero-order chi connectivity index (χ0) is 14.4. The minimum Gasteiger partial charge on any atom is -0.492 e. The van der Waals surface area contributed by atoms with Gasteiger partial charge in [0.15, 0.2) is 11.6 Å². The number of nitrogens with two attached hydrogens (primary N) is 1. The van der Waals surface area contributed by atoms with Crippen LogP contribution in [0.15, 0.2) is 30.5 Å². The van der Waals surface area contributed by atoms with E-state index in [1.165, 1.54) is 0 Å². The first-order chi connectivity index (χ1) is 9.69. The molecule has 1 aromatic carbocycles. The van der Waals surface area contributed by atoms with E-state index in [1.54, 1.807) is 0 Å². The third-order valence-corrected chi connectivity index (χ3v) is 2.53. The number of ether oxygens (including phenoxy) is 1. The molecule has 0 aliphatic heterocycles. The summed E-state index contributed by atoms with van der Waals surface area (Å²) in [5.74, 6) is 5.63. The lowest BCUT2D eigenvalue weighted by atomic mass is 10.2. The first-order valence-corrected chi connectivity index (χ1v) is 6.11. The second-order valence-electron chi connectivity index (χ2n) is 4.13. The van der Waals surface area contributed by atoms with Crippen LogP contribution in [0.3, 0.4) is 0 Å². The van der Waals surface area contributed by atoms with Crippen molar-refractivity contribution in [2.75, 3.05) is 23.9 Å². The highest BCUT2D eigenvalue weighted by Crippen LogP contribution is 2.13. The second-order valence-corrected chi connectivity index (χ2v) is 4.13. The van der Waals surface area contributed by atoms with Crippen LogP contribution >= 0.6 is 0 Å². The number of hydrazine groups is 1. The molecule has 0 bridgehead atoms. The third kappa shape index (κ3) is 3.79. The Labute approximate surface area is 116 Å². The largest absolute Gasteiger partial charge is 0.492 e. The molecule has 0 fully saturated rings. The van der Waals surface area contributed by atoms with Crippen LogP contribution in [0.2, 0.25) is 0 Å². The molecule has 0 aliphatic carbocycles. The van der Waals surface area contributed by atoms with Crippen molar-refractivity contribution >= 4 is 11.8 Å². The summed E-state index contributed by atoms with van der Waals surface area (Å²) in [6.07, 6.45) is 1.05. The lowest BCUT2D eigenvalue weighted by molar-refractivity contribution is 0.332. The van der Waals surface area contributed by atoms with Gasteiger partial charge in [-0.15, -0.1) is 0 Å². The maximum absolute atomic E-state index is 13.4. The van der Waals surface area contributed by atoms with Gasteiger partial charge in [-0.3, -0.25) is 5.43 Å². The lowest BCUT2D eigenvalue weighted by Crippen LogP contribution is -2.16. The fraction of sp³-hybridized carbons (Fsp3) is 0.231. The number of halogens is 1. The highest BCUT2D eigenvalue weighted by Gasteiger charge is 2.05. The second kappa shape index (κ2) is 6.67. The topological polar surface area (TPSA) is 85.1 Å². The Kier molecular flexibility index (Phi) is 4.67. The Bertz CT molecular complexity index is 578. The van der Waals surface area contributed by atoms with Crippen LogP contribution in [0.5, 0.6) is 5.75 Å². The van der Waals surface area contributed by atoms with Gasteiger partial charge in [0.2, 0.25) is 5.95 Å². The Hall–Kier alpha value is -2.41. The molecule has 7 heteroatoms. The van der Waals surface area contributed by atoms with Crippen LogP contribution in [0, 0.1) is 12.7 Å². The summed E-state index contributed by atoms with van der Waals surface area (Å²) in [7, 11) is 0. The predicted molar refractivity (Wildman–Crippen MR) is 75.0 cm³/mol. The molecule has 0 amide bonds. The van der Waals surface area contributed by atoms with E-state index in [1.807, 2.05) is 31.2 Å². The van der Waals surface area contributed by atoms with E-state index in [2.05, 4.69) is 20.7 Å². The first-order valence-electron chi connectivity index (χ1n) is 6.11. The van der Waals surface area contributed by atoms with Crippen LogP contribution in [-0.4, -0.2) is 23.1 Å². The number of nitrogens with zero attached hydrogens (tertiary/aromatic N) is 2. The molecule has 20 heavy (non-hydrogen) atoms. The van der Waals surface area contributed by atoms with Crippen molar-refractivity contribution in [1.29, 1.82) is 0 Å². The van der Waals surface area contributed by atoms with Gasteiger partial charge in [-0.25, -0.2) is 15.2 Å². The number of hydrogen-bond acceptors (Lipinski definition) is 6. The Morgan fingerprint density at radius 2 is 2.25 bits per heavy atom. The number of rotatable bonds is 6. The summed E-state index contributed by atoms with van der Waals surface area (Å²) in [4.78, 5) is 7.51. The molecule has 0 atom stereocenters. The van der Waals surface area contributed by atoms with Crippen molar-refractivity contribution < 1.29 is 9.13 Å². The van der Waals surface area contributed by atoms with E-state index in [9.17, 15) is 4.39 Å². The van der Waals surface area contributed by atoms with E-state index in [0.29, 0.717) is 13.2 Å². The minimum absolute atomic E-state index is 0.0841. The van der Waals surface area contributed by atoms with Crippen molar-refractivity contribution in [2.24, 2.45) is 5.84 Å². The molecule has 1 heterocycles. The van der Waals surface area contributed by atoms with Gasteiger partial charge < -0.3 is 10.1 Å². The van der Waals surface area contributed by atoms with Crippen molar-refractivity contribution in [2.45, 2.75) is 6.92 Å². The van der Waals surface area contributed by atoms with Gasteiger partial charge in [-0.2, -0.15) is 4.98 Å². The maximum Gasteiger partial charge on any atom is 0.239 e. The fourth-order valence-corrected chi connectivity index (χ4v) is 1.60. The van der Waals surface area contributed by atoms with Crippen LogP contribution < -0.4 is 21.3 Å². The number of hydrogen-bond donors (Lipinski definition) is 3. The standard InChI is InChI=1S/C13H16FN5O/c1-9-3-2-4-10(7-9)20-6-5-16-12-11(14)8-17-13(18-12)19-15/h2-4,7-8H,5-6,15H2,1H3,(H2,16,17,18,19). The Morgan fingerprint density at radius 1 is 1.40 bits per heavy atom. The molecule has 0 aliphatic rings. The highest BCUT2D eigenvalue weighted by molar-refractivity contribution is 5.40. The molecule has 0 radical (unpaired) electrons. The SMILES string of the molecule is Cc1cccc(OCCNc2nc(NN)ncc2F)c1. The van der Waals surface area contributed by atoms with E-state index >= 15 is 0 Å². The summed E-state index contributed by atoms with van der Waals surface area (Å²) < 4.78 is 18.9. The Balaban J connectivity index is 1.84. The van der Waals surface area contributed by atoms with Crippen LogP contribution in [-0.2, 0) is 0 Å². The van der Waals surface area contributed by atoms with Crippen LogP contribution in [0.4, 0.5) is 16.2 Å². The lowest BCUT2D eigenvalue weighted by Gasteiger charge is -2.09. The molecule has 4 N–H and O–H groups in total. The van der Waals surface area contributed by atoms with Gasteiger partial charge in [0, 0.05) is 0 Å². The van der Waals surface area contributed by atoms with Crippen LogP contribution in [0.1, 0.15) is 5.56 Å². The summed E-state index contributed by atoms with van der Waals surface area (Å²) in [6, 6.07) is 7.71. The zero-order valence-corrected chi connectivity index (χ0v) is 11.1. The van der Waals surface area contributed by atoms with Crippen molar-refractivity contribution in [1.82, 2.24) is 9.97 Å². The van der Waals surface area contributed by atoms with Gasteiger partial charge in [0.25, 0.3) is 0 Å². The van der Waals surface area contributed by atoms with Gasteiger partial charge in [-0.1, -0.05) is 12.1 Å². The van der Waals surface area contributed by atoms with E-state index < -0.39 is 5.82 Å². The molecule has 2 aromatic rings. The van der Waals surface area contributed by atoms with Gasteiger partial charge in [-0.05, 0) is 24.6 Å². The van der Waals surface area contributed by atoms with E-state index in [4.69, 9.17) is 10.6 Å². The molecule has 0 unspecified atom stereocenters. The smallest absolute Gasteiger partial charge is 0.239 e. The molecule has 0 saturated carbocycles. The highest BCUT2D eigenvalue weighted by atomic mass is 19.1. The summed E-state index contributed by atoms with van der Waals surface area (Å²) >= 11 is 0. The maximum atomic E-state index is 13.4. The quantitative estimate of drug-likeness (QED) is 0.423. The fourth-order valence-electron chi connectivity index (χ4n) is 1.60. The average Bonchev–Trinajstić information content (AvgIpc) is 2.45. The number of benzene rings is 1. The minimum atomic E-state index is -0.542. The molecule has 6 nitrogen and oxygen atoms in total. The molecule has 1 aromatic heterocycles. The molecule has 0 saturated heterocycles. The number of aryl methyl sites for hydroxylation is 1. The van der Waals surface area contributed by atoms with E-state index in [-0.39, 0.29) is 11.8 Å². The summed E-state index contributed by atoms with van der Waals surface area (Å²) in [6.45, 7) is 2.78. The summed E-state index contributed by atoms with van der Waals surface area (Å²) in [5.41, 5.74) is 3.38.